The SMILES string of the molecule is CCCc1ccc(-c2cc(-c3ccc(C(=O)OC)cc3C)ccc2OC)c(CN2C(=O)O[C@H](c3cc(C(F)(F)F)cc(C(F)(F)F)c3)[C@@H]2C)n1. The van der Waals surface area contributed by atoms with E-state index in [9.17, 15) is 35.9 Å². The van der Waals surface area contributed by atoms with Crippen molar-refractivity contribution in [2.75, 3.05) is 14.2 Å². The van der Waals surface area contributed by atoms with Gasteiger partial charge in [0.05, 0.1) is 49.2 Å². The molecule has 1 aliphatic rings. The molecule has 2 heterocycles. The smallest absolute Gasteiger partial charge is 0.416 e. The van der Waals surface area contributed by atoms with E-state index < -0.39 is 53.3 Å². The van der Waals surface area contributed by atoms with Gasteiger partial charge in [-0.15, -0.1) is 0 Å². The van der Waals surface area contributed by atoms with E-state index in [4.69, 9.17) is 19.2 Å². The minimum atomic E-state index is -5.06. The molecular formula is C37H34F6N2O5. The number of pyridine rings is 1. The first-order chi connectivity index (χ1) is 23.5. The molecule has 1 aliphatic heterocycles. The Morgan fingerprint density at radius 1 is 0.880 bits per heavy atom. The number of ether oxygens (including phenoxy) is 3. The summed E-state index contributed by atoms with van der Waals surface area (Å²) in [6.07, 6.45) is -11.1. The summed E-state index contributed by atoms with van der Waals surface area (Å²) in [5, 5.41) is 0. The van der Waals surface area contributed by atoms with Crippen molar-refractivity contribution in [3.8, 4) is 28.0 Å². The lowest BCUT2D eigenvalue weighted by Gasteiger charge is -2.23. The number of halogens is 6. The van der Waals surface area contributed by atoms with Gasteiger partial charge < -0.3 is 14.2 Å². The molecule has 1 saturated heterocycles. The number of alkyl halides is 6. The maximum atomic E-state index is 13.6. The molecule has 7 nitrogen and oxygen atoms in total. The van der Waals surface area contributed by atoms with Gasteiger partial charge in [0.15, 0.2) is 0 Å². The number of hydrogen-bond donors (Lipinski definition) is 0. The lowest BCUT2D eigenvalue weighted by atomic mass is 9.93. The molecule has 4 aromatic rings. The molecule has 50 heavy (non-hydrogen) atoms. The van der Waals surface area contributed by atoms with Crippen molar-refractivity contribution in [3.05, 3.63) is 106 Å². The highest BCUT2D eigenvalue weighted by Crippen LogP contribution is 2.42. The zero-order valence-electron chi connectivity index (χ0n) is 27.8. The van der Waals surface area contributed by atoms with Gasteiger partial charge in [0.25, 0.3) is 0 Å². The van der Waals surface area contributed by atoms with E-state index in [2.05, 4.69) is 0 Å². The zero-order valence-corrected chi connectivity index (χ0v) is 27.8. The van der Waals surface area contributed by atoms with Crippen molar-refractivity contribution in [2.24, 2.45) is 0 Å². The first kappa shape index (κ1) is 36.2. The second-order valence-corrected chi connectivity index (χ2v) is 12.0. The second kappa shape index (κ2) is 14.0. The first-order valence-electron chi connectivity index (χ1n) is 15.7. The molecule has 264 valence electrons. The lowest BCUT2D eigenvalue weighted by molar-refractivity contribution is -0.143. The van der Waals surface area contributed by atoms with Gasteiger partial charge in [-0.2, -0.15) is 26.3 Å². The molecule has 2 atom stereocenters. The van der Waals surface area contributed by atoms with Gasteiger partial charge in [-0.1, -0.05) is 31.5 Å². The van der Waals surface area contributed by atoms with Gasteiger partial charge in [-0.25, -0.2) is 9.59 Å². The summed E-state index contributed by atoms with van der Waals surface area (Å²) in [7, 11) is 2.80. The van der Waals surface area contributed by atoms with Crippen LogP contribution in [0.2, 0.25) is 0 Å². The predicted octanol–water partition coefficient (Wildman–Crippen LogP) is 9.59. The fourth-order valence-electron chi connectivity index (χ4n) is 6.09. The van der Waals surface area contributed by atoms with Crippen molar-refractivity contribution in [2.45, 2.75) is 64.7 Å². The summed E-state index contributed by atoms with van der Waals surface area (Å²) < 4.78 is 97.8. The van der Waals surface area contributed by atoms with Crippen LogP contribution in [0.5, 0.6) is 5.75 Å². The van der Waals surface area contributed by atoms with Gasteiger partial charge in [0.1, 0.15) is 11.9 Å². The number of carbonyl (C=O) groups is 2. The minimum absolute atomic E-state index is 0.0363. The highest BCUT2D eigenvalue weighted by molar-refractivity contribution is 5.91. The number of esters is 1. The Hall–Kier alpha value is -5.07. The van der Waals surface area contributed by atoms with Crippen molar-refractivity contribution >= 4 is 12.1 Å². The van der Waals surface area contributed by atoms with Crippen molar-refractivity contribution in [1.29, 1.82) is 0 Å². The topological polar surface area (TPSA) is 78.0 Å². The number of nitrogens with zero attached hydrogens (tertiary/aromatic N) is 2. The molecule has 1 fully saturated rings. The largest absolute Gasteiger partial charge is 0.496 e. The van der Waals surface area contributed by atoms with Gasteiger partial charge in [-0.05, 0) is 91.1 Å². The van der Waals surface area contributed by atoms with Gasteiger partial charge in [0, 0.05) is 16.8 Å². The van der Waals surface area contributed by atoms with Crippen LogP contribution in [0.4, 0.5) is 31.1 Å². The third-order valence-electron chi connectivity index (χ3n) is 8.64. The number of methoxy groups -OCH3 is 2. The van der Waals surface area contributed by atoms with Crippen molar-refractivity contribution in [3.63, 3.8) is 0 Å². The monoisotopic (exact) mass is 700 g/mol. The number of aromatic nitrogens is 1. The molecule has 0 spiro atoms. The highest BCUT2D eigenvalue weighted by atomic mass is 19.4. The minimum Gasteiger partial charge on any atom is -0.496 e. The number of benzene rings is 3. The van der Waals surface area contributed by atoms with Gasteiger partial charge in [-0.3, -0.25) is 9.88 Å². The summed E-state index contributed by atoms with van der Waals surface area (Å²) in [6, 6.07) is 14.6. The molecule has 5 rings (SSSR count). The summed E-state index contributed by atoms with van der Waals surface area (Å²) in [6.45, 7) is 5.18. The van der Waals surface area contributed by atoms with Gasteiger partial charge >= 0.3 is 24.4 Å². The van der Waals surface area contributed by atoms with E-state index in [1.807, 2.05) is 38.1 Å². The van der Waals surface area contributed by atoms with E-state index in [1.54, 1.807) is 24.3 Å². The summed E-state index contributed by atoms with van der Waals surface area (Å²) in [4.78, 5) is 31.4. The molecule has 3 aromatic carbocycles. The second-order valence-electron chi connectivity index (χ2n) is 12.0. The van der Waals surface area contributed by atoms with E-state index in [1.165, 1.54) is 26.0 Å². The summed E-state index contributed by atoms with van der Waals surface area (Å²) in [5.41, 5.74) is 1.76. The van der Waals surface area contributed by atoms with Crippen LogP contribution < -0.4 is 4.74 Å². The van der Waals surface area contributed by atoms with Gasteiger partial charge in [0.2, 0.25) is 0 Å². The van der Waals surface area contributed by atoms with Crippen LogP contribution in [-0.2, 0) is 34.8 Å². The molecule has 0 bridgehead atoms. The van der Waals surface area contributed by atoms with E-state index in [0.29, 0.717) is 46.7 Å². The maximum absolute atomic E-state index is 13.6. The molecular weight excluding hydrogens is 666 g/mol. The molecule has 0 unspecified atom stereocenters. The number of carbonyl (C=O) groups excluding carboxylic acids is 2. The average molecular weight is 701 g/mol. The summed E-state index contributed by atoms with van der Waals surface area (Å²) in [5.74, 6) is 0.0196. The Kier molecular flexibility index (Phi) is 10.2. The molecule has 0 N–H and O–H groups in total. The molecule has 13 heteroatoms. The Morgan fingerprint density at radius 3 is 2.12 bits per heavy atom. The highest BCUT2D eigenvalue weighted by Gasteiger charge is 2.43. The van der Waals surface area contributed by atoms with Crippen LogP contribution in [0.25, 0.3) is 22.3 Å². The first-order valence-corrected chi connectivity index (χ1v) is 15.7. The Morgan fingerprint density at radius 2 is 1.54 bits per heavy atom. The molecule has 0 saturated carbocycles. The zero-order chi connectivity index (χ0) is 36.5. The third kappa shape index (κ3) is 7.41. The normalized spacial score (nSPS) is 16.4. The maximum Gasteiger partial charge on any atom is 0.416 e. The fraction of sp³-hybridized carbons (Fsp3) is 0.324. The Labute approximate surface area is 284 Å². The average Bonchev–Trinajstić information content (AvgIpc) is 3.35. The van der Waals surface area contributed by atoms with Crippen molar-refractivity contribution in [1.82, 2.24) is 9.88 Å². The predicted molar refractivity (Wildman–Crippen MR) is 172 cm³/mol. The van der Waals surface area contributed by atoms with Crippen LogP contribution in [0.3, 0.4) is 0 Å². The van der Waals surface area contributed by atoms with Crippen LogP contribution in [0, 0.1) is 6.92 Å². The molecule has 0 radical (unpaired) electrons. The standard InChI is InChI=1S/C37H34F6N2O5/c1-6-7-27-10-12-29(30-17-22(9-13-32(30)48-4)28-11-8-23(14-20(28)2)34(46)49-5)31(44-27)19-45-21(3)33(50-35(45)47)24-15-25(36(38,39)40)18-26(16-24)37(41,42)43/h8-18,21,33H,6-7,19H2,1-5H3/t21-,33-/m0/s1. The molecule has 1 aromatic heterocycles. The number of rotatable bonds is 9. The number of cyclic esters (lactones) is 1. The molecule has 1 amide bonds. The van der Waals surface area contributed by atoms with Crippen LogP contribution >= 0.6 is 0 Å². The number of amides is 1. The van der Waals surface area contributed by atoms with Crippen LogP contribution in [-0.4, -0.2) is 42.2 Å². The summed E-state index contributed by atoms with van der Waals surface area (Å²) >= 11 is 0. The number of aryl methyl sites for hydroxylation is 2. The van der Waals surface area contributed by atoms with Crippen molar-refractivity contribution < 1.29 is 50.1 Å². The Bertz CT molecular complexity index is 1890. The number of hydrogen-bond acceptors (Lipinski definition) is 6. The van der Waals surface area contributed by atoms with E-state index in [-0.39, 0.29) is 12.6 Å². The fourth-order valence-corrected chi connectivity index (χ4v) is 6.09. The quantitative estimate of drug-likeness (QED) is 0.128. The van der Waals surface area contributed by atoms with E-state index >= 15 is 0 Å². The van der Waals surface area contributed by atoms with Crippen LogP contribution in [0.1, 0.15) is 70.4 Å². The Balaban J connectivity index is 1.56. The van der Waals surface area contributed by atoms with Crippen LogP contribution in [0.15, 0.2) is 66.7 Å². The third-order valence-corrected chi connectivity index (χ3v) is 8.64. The van der Waals surface area contributed by atoms with E-state index in [0.717, 1.165) is 28.8 Å². The molecule has 0 aliphatic carbocycles. The lowest BCUT2D eigenvalue weighted by Crippen LogP contribution is -2.32.